The highest BCUT2D eigenvalue weighted by atomic mass is 31.2. The Morgan fingerprint density at radius 3 is 1.35 bits per heavy atom. The minimum atomic E-state index is -3.19. The van der Waals surface area contributed by atoms with E-state index < -0.39 is 19.4 Å². The Labute approximate surface area is 105 Å². The molecule has 102 valence electrons. The lowest BCUT2D eigenvalue weighted by Crippen LogP contribution is -2.46. The van der Waals surface area contributed by atoms with Gasteiger partial charge in [0.25, 0.3) is 0 Å². The van der Waals surface area contributed by atoms with Gasteiger partial charge in [-0.2, -0.15) is 0 Å². The summed E-state index contributed by atoms with van der Waals surface area (Å²) in [5, 5.41) is 0. The third-order valence-electron chi connectivity index (χ3n) is 2.98. The summed E-state index contributed by atoms with van der Waals surface area (Å²) in [7, 11) is -3.19. The maximum absolute atomic E-state index is 10.4. The Morgan fingerprint density at radius 2 is 1.12 bits per heavy atom. The lowest BCUT2D eigenvalue weighted by Gasteiger charge is -2.41. The van der Waals surface area contributed by atoms with Crippen molar-refractivity contribution in [2.24, 2.45) is 17.8 Å². The van der Waals surface area contributed by atoms with Gasteiger partial charge in [-0.3, -0.25) is 0 Å². The zero-order valence-corrected chi connectivity index (χ0v) is 12.5. The molecule has 0 bridgehead atoms. The predicted octanol–water partition coefficient (Wildman–Crippen LogP) is 2.81. The monoisotopic (exact) mass is 265 g/mol. The fraction of sp³-hybridized carbons (Fsp3) is 1.00. The molecule has 0 aromatic carbocycles. The Kier molecular flexibility index (Phi) is 4.96. The van der Waals surface area contributed by atoms with E-state index in [2.05, 4.69) is 0 Å². The van der Waals surface area contributed by atoms with E-state index in [-0.39, 0.29) is 24.0 Å². The molecule has 0 aromatic heterocycles. The van der Waals surface area contributed by atoms with Crippen LogP contribution in [0.1, 0.15) is 41.5 Å². The molecule has 2 N–H and O–H groups in total. The molecule has 0 radical (unpaired) electrons. The Balaban J connectivity index is 2.97. The second-order valence-electron chi connectivity index (χ2n) is 5.85. The van der Waals surface area contributed by atoms with Gasteiger partial charge >= 0.3 is 7.72 Å². The van der Waals surface area contributed by atoms with Crippen molar-refractivity contribution in [3.05, 3.63) is 0 Å². The number of rotatable bonds is 3. The molecule has 0 amide bonds. The first kappa shape index (κ1) is 15.3. The van der Waals surface area contributed by atoms with Gasteiger partial charge in [-0.05, 0) is 0 Å². The highest BCUT2D eigenvalue weighted by molar-refractivity contribution is 7.65. The van der Waals surface area contributed by atoms with Crippen molar-refractivity contribution in [3.8, 4) is 0 Å². The first-order valence-electron chi connectivity index (χ1n) is 6.32. The van der Waals surface area contributed by atoms with Crippen LogP contribution in [0, 0.1) is 17.8 Å². The summed E-state index contributed by atoms with van der Waals surface area (Å²) in [5.41, 5.74) is 0. The second-order valence-corrected chi connectivity index (χ2v) is 8.27. The van der Waals surface area contributed by atoms with E-state index in [9.17, 15) is 9.79 Å². The normalized spacial score (nSPS) is 33.7. The van der Waals surface area contributed by atoms with Gasteiger partial charge in [0.05, 0.1) is 0 Å². The highest BCUT2D eigenvalue weighted by Gasteiger charge is 2.61. The number of hydrogen-bond donors (Lipinski definition) is 2. The quantitative estimate of drug-likeness (QED) is 0.770. The van der Waals surface area contributed by atoms with Gasteiger partial charge in [0.1, 0.15) is 0 Å². The summed E-state index contributed by atoms with van der Waals surface area (Å²) in [4.78, 5) is 20.7. The molecule has 1 aliphatic rings. The van der Waals surface area contributed by atoms with E-state index in [0.29, 0.717) is 0 Å². The topological polar surface area (TPSA) is 58.9 Å². The molecule has 17 heavy (non-hydrogen) atoms. The van der Waals surface area contributed by atoms with Gasteiger partial charge in [-0.25, -0.2) is 9.79 Å². The fourth-order valence-corrected chi connectivity index (χ4v) is 4.78. The van der Waals surface area contributed by atoms with Crippen LogP contribution in [0.3, 0.4) is 0 Å². The number of hydrogen-bond acceptors (Lipinski definition) is 4. The summed E-state index contributed by atoms with van der Waals surface area (Å²) in [5.74, 6) is -0.653. The molecule has 5 heteroatoms. The van der Waals surface area contributed by atoms with Gasteiger partial charge in [0.2, 0.25) is 11.7 Å². The molecular formula is C12H26O4P+. The van der Waals surface area contributed by atoms with Crippen molar-refractivity contribution in [3.63, 3.8) is 0 Å². The van der Waals surface area contributed by atoms with Gasteiger partial charge in [0.15, 0.2) is 6.29 Å². The summed E-state index contributed by atoms with van der Waals surface area (Å²) in [6.45, 7) is 11.8. The lowest BCUT2D eigenvalue weighted by atomic mass is 10.2. The molecule has 2 atom stereocenters. The van der Waals surface area contributed by atoms with Crippen molar-refractivity contribution in [2.45, 2.75) is 59.5 Å². The first-order valence-corrected chi connectivity index (χ1v) is 8.16. The first-order chi connectivity index (χ1) is 7.67. The van der Waals surface area contributed by atoms with E-state index in [1.165, 1.54) is 0 Å². The molecule has 0 unspecified atom stereocenters. The van der Waals surface area contributed by atoms with E-state index in [1.807, 2.05) is 41.5 Å². The highest BCUT2D eigenvalue weighted by Crippen LogP contribution is 2.66. The van der Waals surface area contributed by atoms with Crippen molar-refractivity contribution in [1.29, 1.82) is 0 Å². The van der Waals surface area contributed by atoms with Crippen LogP contribution in [0.15, 0.2) is 0 Å². The van der Waals surface area contributed by atoms with Gasteiger partial charge in [0, 0.05) is 17.8 Å². The molecule has 0 saturated carbocycles. The van der Waals surface area contributed by atoms with Crippen LogP contribution >= 0.6 is 7.72 Å². The van der Waals surface area contributed by atoms with E-state index >= 15 is 0 Å². The van der Waals surface area contributed by atoms with E-state index in [0.717, 1.165) is 0 Å². The van der Waals surface area contributed by atoms with Gasteiger partial charge < -0.3 is 9.47 Å². The minimum Gasteiger partial charge on any atom is -0.309 e. The average Bonchev–Trinajstić information content (AvgIpc) is 2.14. The third kappa shape index (κ3) is 3.18. The predicted molar refractivity (Wildman–Crippen MR) is 69.4 cm³/mol. The molecule has 1 aliphatic heterocycles. The molecule has 0 aliphatic carbocycles. The van der Waals surface area contributed by atoms with Crippen molar-refractivity contribution in [1.82, 2.24) is 0 Å². The Hall–Kier alpha value is 0.270. The fourth-order valence-electron chi connectivity index (χ4n) is 2.14. The molecule has 0 aromatic rings. The van der Waals surface area contributed by atoms with E-state index in [1.54, 1.807) is 0 Å². The molecule has 0 spiro atoms. The summed E-state index contributed by atoms with van der Waals surface area (Å²) < 4.78 is 11.5. The van der Waals surface area contributed by atoms with Crippen LogP contribution in [-0.4, -0.2) is 27.8 Å². The molecule has 1 heterocycles. The van der Waals surface area contributed by atoms with Crippen LogP contribution < -0.4 is 0 Å². The van der Waals surface area contributed by atoms with Crippen molar-refractivity contribution >= 4 is 7.72 Å². The third-order valence-corrected chi connectivity index (χ3v) is 5.92. The van der Waals surface area contributed by atoms with Crippen LogP contribution in [0.4, 0.5) is 0 Å². The summed E-state index contributed by atoms with van der Waals surface area (Å²) >= 11 is 0. The maximum atomic E-state index is 10.4. The summed E-state index contributed by atoms with van der Waals surface area (Å²) in [6, 6.07) is 0. The smallest absolute Gasteiger partial charge is 0.309 e. The Bertz CT molecular complexity index is 233. The molecular weight excluding hydrogens is 239 g/mol. The Morgan fingerprint density at radius 1 is 0.765 bits per heavy atom. The SMILES string of the molecule is CC(C)C1O[C@@H](C(C)C)[P+](O)(O)[C@H](C(C)C)O1. The molecule has 1 fully saturated rings. The maximum Gasteiger partial charge on any atom is 0.327 e. The molecule has 4 nitrogen and oxygen atoms in total. The largest absolute Gasteiger partial charge is 0.327 e. The molecule has 1 saturated heterocycles. The van der Waals surface area contributed by atoms with Crippen LogP contribution in [0.5, 0.6) is 0 Å². The van der Waals surface area contributed by atoms with Crippen LogP contribution in [0.2, 0.25) is 0 Å². The minimum absolute atomic E-state index is 0.0738. The second kappa shape index (κ2) is 5.50. The summed E-state index contributed by atoms with van der Waals surface area (Å²) in [6.07, 6.45) is -0.345. The van der Waals surface area contributed by atoms with Crippen molar-refractivity contribution < 1.29 is 19.3 Å². The van der Waals surface area contributed by atoms with Crippen molar-refractivity contribution in [2.75, 3.05) is 0 Å². The number of ether oxygens (including phenoxy) is 2. The standard InChI is InChI=1S/C12H26O4P/c1-7(2)10-15-11(8(3)4)17(13,14)12(16-10)9(5)6/h7-14H,1-6H3/q+1/t11-,12-/m1/s1. The van der Waals surface area contributed by atoms with Crippen LogP contribution in [-0.2, 0) is 9.47 Å². The van der Waals surface area contributed by atoms with E-state index in [4.69, 9.17) is 9.47 Å². The zero-order chi connectivity index (χ0) is 13.4. The molecule has 1 rings (SSSR count). The van der Waals surface area contributed by atoms with Gasteiger partial charge in [-0.15, -0.1) is 0 Å². The van der Waals surface area contributed by atoms with Crippen LogP contribution in [0.25, 0.3) is 0 Å². The lowest BCUT2D eigenvalue weighted by molar-refractivity contribution is -0.223. The average molecular weight is 265 g/mol. The zero-order valence-electron chi connectivity index (χ0n) is 11.6. The van der Waals surface area contributed by atoms with Gasteiger partial charge in [-0.1, -0.05) is 41.5 Å².